The normalized spacial score (nSPS) is 16.5. The average molecular weight is 290 g/mol. The first kappa shape index (κ1) is 14.5. The van der Waals surface area contributed by atoms with Gasteiger partial charge in [-0.1, -0.05) is 19.3 Å². The van der Waals surface area contributed by atoms with E-state index in [2.05, 4.69) is 10.3 Å². The van der Waals surface area contributed by atoms with Gasteiger partial charge in [-0.2, -0.15) is 5.26 Å². The summed E-state index contributed by atoms with van der Waals surface area (Å²) in [7, 11) is 1.78. The average Bonchev–Trinajstić information content (AvgIpc) is 3.01. The lowest BCUT2D eigenvalue weighted by molar-refractivity contribution is -0.128. The molecular formula is C14H18N4OS. The second-order valence-corrected chi connectivity index (χ2v) is 5.75. The second-order valence-electron chi connectivity index (χ2n) is 4.86. The highest BCUT2D eigenvalue weighted by Gasteiger charge is 2.24. The molecule has 5 nitrogen and oxygen atoms in total. The molecule has 1 aliphatic carbocycles. The van der Waals surface area contributed by atoms with Gasteiger partial charge in [0.15, 0.2) is 5.13 Å². The molecule has 106 valence electrons. The Morgan fingerprint density at radius 2 is 2.30 bits per heavy atom. The van der Waals surface area contributed by atoms with Crippen LogP contribution < -0.4 is 5.32 Å². The molecule has 0 atom stereocenters. The van der Waals surface area contributed by atoms with Crippen molar-refractivity contribution in [3.05, 3.63) is 23.3 Å². The minimum atomic E-state index is -0.219. The molecule has 1 aromatic heterocycles. The molecule has 1 heterocycles. The molecule has 6 heteroatoms. The van der Waals surface area contributed by atoms with E-state index in [4.69, 9.17) is 5.26 Å². The summed E-state index contributed by atoms with van der Waals surface area (Å²) < 4.78 is 0. The van der Waals surface area contributed by atoms with Gasteiger partial charge in [0.2, 0.25) is 0 Å². The van der Waals surface area contributed by atoms with Crippen molar-refractivity contribution in [3.63, 3.8) is 0 Å². The topological polar surface area (TPSA) is 69.0 Å². The van der Waals surface area contributed by atoms with Crippen molar-refractivity contribution in [3.8, 4) is 6.07 Å². The van der Waals surface area contributed by atoms with Crippen molar-refractivity contribution in [2.75, 3.05) is 12.4 Å². The predicted molar refractivity (Wildman–Crippen MR) is 79.1 cm³/mol. The van der Waals surface area contributed by atoms with Gasteiger partial charge in [-0.25, -0.2) is 4.98 Å². The van der Waals surface area contributed by atoms with Gasteiger partial charge < -0.3 is 10.2 Å². The summed E-state index contributed by atoms with van der Waals surface area (Å²) in [6, 6.07) is 2.23. The summed E-state index contributed by atoms with van der Waals surface area (Å²) in [5.74, 6) is -0.219. The number of hydrogen-bond acceptors (Lipinski definition) is 5. The Bertz CT molecular complexity index is 512. The molecular weight excluding hydrogens is 272 g/mol. The number of carbonyl (C=O) groups is 1. The lowest BCUT2D eigenvalue weighted by Crippen LogP contribution is -2.39. The van der Waals surface area contributed by atoms with Gasteiger partial charge >= 0.3 is 0 Å². The monoisotopic (exact) mass is 290 g/mol. The largest absolute Gasteiger partial charge is 0.338 e. The smallest absolute Gasteiger partial charge is 0.266 e. The van der Waals surface area contributed by atoms with E-state index in [1.54, 1.807) is 18.1 Å². The van der Waals surface area contributed by atoms with Gasteiger partial charge in [0.1, 0.15) is 11.6 Å². The van der Waals surface area contributed by atoms with Crippen LogP contribution in [0, 0.1) is 11.3 Å². The van der Waals surface area contributed by atoms with Crippen LogP contribution in [0.15, 0.2) is 23.3 Å². The molecule has 1 saturated carbocycles. The molecule has 1 aromatic rings. The van der Waals surface area contributed by atoms with Crippen LogP contribution in [0.25, 0.3) is 0 Å². The fourth-order valence-electron chi connectivity index (χ4n) is 2.39. The minimum Gasteiger partial charge on any atom is -0.338 e. The standard InChI is InChI=1S/C14H18N4OS/c1-18(12-5-3-2-4-6-12)13(19)11(9-15)10-17-14-16-7-8-20-14/h7-8,10,12H,2-6H2,1H3,(H,16,17)/b11-10-. The van der Waals surface area contributed by atoms with E-state index in [1.807, 2.05) is 11.4 Å². The zero-order valence-electron chi connectivity index (χ0n) is 11.5. The number of likely N-dealkylation sites (N-methyl/N-ethyl adjacent to an activating group) is 1. The van der Waals surface area contributed by atoms with Crippen LogP contribution in [0.3, 0.4) is 0 Å². The predicted octanol–water partition coefficient (Wildman–Crippen LogP) is 2.75. The maximum absolute atomic E-state index is 12.3. The van der Waals surface area contributed by atoms with E-state index < -0.39 is 0 Å². The van der Waals surface area contributed by atoms with E-state index >= 15 is 0 Å². The number of rotatable bonds is 4. The van der Waals surface area contributed by atoms with E-state index in [1.165, 1.54) is 24.0 Å². The van der Waals surface area contributed by atoms with Gasteiger partial charge in [0.25, 0.3) is 5.91 Å². The maximum atomic E-state index is 12.3. The first-order chi connectivity index (χ1) is 9.72. The lowest BCUT2D eigenvalue weighted by atomic mass is 9.94. The summed E-state index contributed by atoms with van der Waals surface area (Å²) in [5.41, 5.74) is 0.119. The number of nitrogens with one attached hydrogen (secondary N) is 1. The SMILES string of the molecule is CN(C(=O)/C(C#N)=C\Nc1nccs1)C1CCCCC1. The van der Waals surface area contributed by atoms with Crippen molar-refractivity contribution in [1.29, 1.82) is 5.26 Å². The summed E-state index contributed by atoms with van der Waals surface area (Å²) in [5, 5.41) is 14.5. The first-order valence-corrected chi connectivity index (χ1v) is 7.64. The zero-order chi connectivity index (χ0) is 14.4. The maximum Gasteiger partial charge on any atom is 0.266 e. The molecule has 0 unspecified atom stereocenters. The van der Waals surface area contributed by atoms with E-state index in [9.17, 15) is 4.79 Å². The zero-order valence-corrected chi connectivity index (χ0v) is 12.3. The molecule has 0 aromatic carbocycles. The van der Waals surface area contributed by atoms with Gasteiger partial charge in [-0.15, -0.1) is 11.3 Å². The molecule has 1 N–H and O–H groups in total. The Kier molecular flexibility index (Phi) is 5.13. The Morgan fingerprint density at radius 3 is 2.90 bits per heavy atom. The molecule has 0 saturated heterocycles. The van der Waals surface area contributed by atoms with Crippen LogP contribution in [0.4, 0.5) is 5.13 Å². The van der Waals surface area contributed by atoms with Gasteiger partial charge in [0.05, 0.1) is 0 Å². The third-order valence-corrected chi connectivity index (χ3v) is 4.27. The summed E-state index contributed by atoms with van der Waals surface area (Å²) in [4.78, 5) is 18.1. The quantitative estimate of drug-likeness (QED) is 0.684. The van der Waals surface area contributed by atoms with Crippen LogP contribution in [0.1, 0.15) is 32.1 Å². The molecule has 1 aliphatic rings. The first-order valence-electron chi connectivity index (χ1n) is 6.76. The summed E-state index contributed by atoms with van der Waals surface area (Å²) in [6.07, 6.45) is 8.73. The van der Waals surface area contributed by atoms with Gasteiger partial charge in [-0.3, -0.25) is 4.79 Å². The Hall–Kier alpha value is -1.87. The van der Waals surface area contributed by atoms with Crippen molar-refractivity contribution < 1.29 is 4.79 Å². The van der Waals surface area contributed by atoms with Crippen LogP contribution in [0.5, 0.6) is 0 Å². The second kappa shape index (κ2) is 7.06. The Morgan fingerprint density at radius 1 is 1.55 bits per heavy atom. The number of anilines is 1. The Labute approximate surface area is 122 Å². The fourth-order valence-corrected chi connectivity index (χ4v) is 2.89. The van der Waals surface area contributed by atoms with E-state index in [-0.39, 0.29) is 17.5 Å². The van der Waals surface area contributed by atoms with E-state index in [0.29, 0.717) is 5.13 Å². The molecule has 20 heavy (non-hydrogen) atoms. The minimum absolute atomic E-state index is 0.119. The van der Waals surface area contributed by atoms with Crippen molar-refractivity contribution in [2.24, 2.45) is 0 Å². The van der Waals surface area contributed by atoms with E-state index in [0.717, 1.165) is 25.7 Å². The number of aromatic nitrogens is 1. The molecule has 0 radical (unpaired) electrons. The van der Waals surface area contributed by atoms with Gasteiger partial charge in [0, 0.05) is 30.9 Å². The number of thiazole rings is 1. The highest BCUT2D eigenvalue weighted by atomic mass is 32.1. The van der Waals surface area contributed by atoms with Crippen LogP contribution >= 0.6 is 11.3 Å². The van der Waals surface area contributed by atoms with Crippen molar-refractivity contribution >= 4 is 22.4 Å². The molecule has 0 spiro atoms. The highest BCUT2D eigenvalue weighted by Crippen LogP contribution is 2.22. The third kappa shape index (κ3) is 3.58. The third-order valence-electron chi connectivity index (χ3n) is 3.57. The lowest BCUT2D eigenvalue weighted by Gasteiger charge is -2.31. The van der Waals surface area contributed by atoms with Crippen LogP contribution in [0.2, 0.25) is 0 Å². The van der Waals surface area contributed by atoms with Crippen molar-refractivity contribution in [2.45, 2.75) is 38.1 Å². The van der Waals surface area contributed by atoms with Gasteiger partial charge in [-0.05, 0) is 12.8 Å². The summed E-state index contributed by atoms with van der Waals surface area (Å²) in [6.45, 7) is 0. The number of hydrogen-bond donors (Lipinski definition) is 1. The molecule has 2 rings (SSSR count). The highest BCUT2D eigenvalue weighted by molar-refractivity contribution is 7.13. The molecule has 1 fully saturated rings. The van der Waals surface area contributed by atoms with Crippen molar-refractivity contribution in [1.82, 2.24) is 9.88 Å². The molecule has 0 bridgehead atoms. The number of nitrogens with zero attached hydrogens (tertiary/aromatic N) is 3. The fraction of sp³-hybridized carbons (Fsp3) is 0.500. The number of amides is 1. The van der Waals surface area contributed by atoms with Crippen LogP contribution in [-0.4, -0.2) is 28.9 Å². The molecule has 0 aliphatic heterocycles. The Balaban J connectivity index is 2.00. The molecule has 1 amide bonds. The van der Waals surface area contributed by atoms with Crippen LogP contribution in [-0.2, 0) is 4.79 Å². The number of carbonyl (C=O) groups excluding carboxylic acids is 1. The summed E-state index contributed by atoms with van der Waals surface area (Å²) >= 11 is 1.42. The number of nitriles is 1.